The standard InChI is InChI=1S/C15H15F2N/c16-13-2-1-3-14(17)12(13)8-15(9-18)7-10-4-5-11(15)6-10/h1-3,10-11H,4-8H2. The maximum absolute atomic E-state index is 13.7. The highest BCUT2D eigenvalue weighted by Gasteiger charge is 2.51. The van der Waals surface area contributed by atoms with E-state index in [0.29, 0.717) is 11.8 Å². The lowest BCUT2D eigenvalue weighted by molar-refractivity contribution is 0.234. The first-order valence-corrected chi connectivity index (χ1v) is 6.49. The molecular weight excluding hydrogens is 232 g/mol. The van der Waals surface area contributed by atoms with Crippen LogP contribution < -0.4 is 0 Å². The number of nitrogens with zero attached hydrogens (tertiary/aromatic N) is 1. The number of rotatable bonds is 2. The smallest absolute Gasteiger partial charge is 0.129 e. The van der Waals surface area contributed by atoms with Gasteiger partial charge < -0.3 is 0 Å². The molecule has 18 heavy (non-hydrogen) atoms. The lowest BCUT2D eigenvalue weighted by atomic mass is 9.70. The number of hydrogen-bond acceptors (Lipinski definition) is 1. The molecule has 2 aliphatic carbocycles. The van der Waals surface area contributed by atoms with Crippen molar-refractivity contribution in [2.45, 2.75) is 32.1 Å². The van der Waals surface area contributed by atoms with Gasteiger partial charge in [-0.15, -0.1) is 0 Å². The van der Waals surface area contributed by atoms with Crippen molar-refractivity contribution in [1.29, 1.82) is 5.26 Å². The van der Waals surface area contributed by atoms with Gasteiger partial charge in [0.05, 0.1) is 11.5 Å². The van der Waals surface area contributed by atoms with E-state index in [0.717, 1.165) is 19.3 Å². The SMILES string of the molecule is N#CC1(Cc2c(F)cccc2F)CC2CCC1C2. The van der Waals surface area contributed by atoms with Gasteiger partial charge in [-0.1, -0.05) is 12.5 Å². The molecule has 0 amide bonds. The second kappa shape index (κ2) is 4.05. The van der Waals surface area contributed by atoms with E-state index in [9.17, 15) is 14.0 Å². The minimum atomic E-state index is -0.536. The largest absolute Gasteiger partial charge is 0.207 e. The Morgan fingerprint density at radius 3 is 2.50 bits per heavy atom. The minimum absolute atomic E-state index is 0.0894. The highest BCUT2D eigenvalue weighted by molar-refractivity contribution is 5.25. The Morgan fingerprint density at radius 1 is 1.28 bits per heavy atom. The average molecular weight is 247 g/mol. The Bertz CT molecular complexity index is 499. The van der Waals surface area contributed by atoms with Crippen molar-refractivity contribution in [3.05, 3.63) is 35.4 Å². The fourth-order valence-electron chi connectivity index (χ4n) is 3.85. The zero-order chi connectivity index (χ0) is 12.8. The summed E-state index contributed by atoms with van der Waals surface area (Å²) in [5.74, 6) is -0.129. The van der Waals surface area contributed by atoms with Crippen LogP contribution in [0.2, 0.25) is 0 Å². The molecule has 3 unspecified atom stereocenters. The topological polar surface area (TPSA) is 23.8 Å². The predicted molar refractivity (Wildman–Crippen MR) is 63.6 cm³/mol. The molecule has 3 atom stereocenters. The lowest BCUT2D eigenvalue weighted by Gasteiger charge is -2.31. The molecule has 2 bridgehead atoms. The van der Waals surface area contributed by atoms with Crippen LogP contribution in [0, 0.1) is 40.2 Å². The van der Waals surface area contributed by atoms with E-state index in [1.54, 1.807) is 0 Å². The number of nitriles is 1. The third-order valence-electron chi connectivity index (χ3n) is 4.75. The molecule has 1 aromatic rings. The van der Waals surface area contributed by atoms with Crippen LogP contribution >= 0.6 is 0 Å². The molecule has 0 heterocycles. The molecule has 1 aromatic carbocycles. The van der Waals surface area contributed by atoms with Crippen LogP contribution in [0.1, 0.15) is 31.2 Å². The van der Waals surface area contributed by atoms with Crippen molar-refractivity contribution in [1.82, 2.24) is 0 Å². The molecule has 0 aromatic heterocycles. The van der Waals surface area contributed by atoms with Gasteiger partial charge in [-0.3, -0.25) is 0 Å². The lowest BCUT2D eigenvalue weighted by Crippen LogP contribution is -2.29. The van der Waals surface area contributed by atoms with Crippen molar-refractivity contribution in [2.75, 3.05) is 0 Å². The van der Waals surface area contributed by atoms with Crippen LogP contribution in [0.4, 0.5) is 8.78 Å². The zero-order valence-electron chi connectivity index (χ0n) is 10.1. The van der Waals surface area contributed by atoms with Crippen molar-refractivity contribution in [3.8, 4) is 6.07 Å². The highest BCUT2D eigenvalue weighted by atomic mass is 19.1. The quantitative estimate of drug-likeness (QED) is 0.779. The maximum Gasteiger partial charge on any atom is 0.129 e. The summed E-state index contributed by atoms with van der Waals surface area (Å²) in [7, 11) is 0. The molecule has 0 saturated heterocycles. The van der Waals surface area contributed by atoms with Gasteiger partial charge in [0, 0.05) is 5.56 Å². The van der Waals surface area contributed by atoms with Gasteiger partial charge in [-0.05, 0) is 49.7 Å². The summed E-state index contributed by atoms with van der Waals surface area (Å²) in [6.07, 6.45) is 4.30. The second-order valence-electron chi connectivity index (χ2n) is 5.73. The molecule has 94 valence electrons. The third kappa shape index (κ3) is 1.63. The van der Waals surface area contributed by atoms with E-state index in [-0.39, 0.29) is 12.0 Å². The molecule has 0 spiro atoms. The maximum atomic E-state index is 13.7. The van der Waals surface area contributed by atoms with Crippen LogP contribution in [0.25, 0.3) is 0 Å². The molecule has 3 rings (SSSR count). The summed E-state index contributed by atoms with van der Waals surface area (Å²) in [6.45, 7) is 0. The number of halogens is 2. The van der Waals surface area contributed by atoms with Crippen LogP contribution in [-0.4, -0.2) is 0 Å². The van der Waals surface area contributed by atoms with Gasteiger partial charge in [0.15, 0.2) is 0 Å². The molecular formula is C15H15F2N. The van der Waals surface area contributed by atoms with Crippen molar-refractivity contribution < 1.29 is 8.78 Å². The first-order chi connectivity index (χ1) is 8.64. The molecule has 2 aliphatic rings. The average Bonchev–Trinajstić information content (AvgIpc) is 2.95. The minimum Gasteiger partial charge on any atom is -0.207 e. The zero-order valence-corrected chi connectivity index (χ0v) is 10.1. The molecule has 2 saturated carbocycles. The van der Waals surface area contributed by atoms with E-state index >= 15 is 0 Å². The van der Waals surface area contributed by atoms with Gasteiger partial charge in [-0.2, -0.15) is 5.26 Å². The van der Waals surface area contributed by atoms with E-state index in [4.69, 9.17) is 0 Å². The van der Waals surface area contributed by atoms with Crippen molar-refractivity contribution in [3.63, 3.8) is 0 Å². The third-order valence-corrected chi connectivity index (χ3v) is 4.75. The van der Waals surface area contributed by atoms with E-state index in [2.05, 4.69) is 6.07 Å². The van der Waals surface area contributed by atoms with Gasteiger partial charge in [0.1, 0.15) is 11.6 Å². The van der Waals surface area contributed by atoms with Crippen LogP contribution in [0.3, 0.4) is 0 Å². The van der Waals surface area contributed by atoms with Crippen LogP contribution in [0.15, 0.2) is 18.2 Å². The summed E-state index contributed by atoms with van der Waals surface area (Å²) in [5.41, 5.74) is -0.446. The van der Waals surface area contributed by atoms with E-state index in [1.165, 1.54) is 24.6 Å². The molecule has 0 N–H and O–H groups in total. The van der Waals surface area contributed by atoms with Crippen LogP contribution in [-0.2, 0) is 6.42 Å². The molecule has 0 aliphatic heterocycles. The highest BCUT2D eigenvalue weighted by Crippen LogP contribution is 2.57. The second-order valence-corrected chi connectivity index (χ2v) is 5.73. The molecule has 2 fully saturated rings. The fraction of sp³-hybridized carbons (Fsp3) is 0.533. The van der Waals surface area contributed by atoms with E-state index in [1.807, 2.05) is 0 Å². The Hall–Kier alpha value is -1.43. The van der Waals surface area contributed by atoms with Crippen LogP contribution in [0.5, 0.6) is 0 Å². The molecule has 3 heteroatoms. The van der Waals surface area contributed by atoms with E-state index < -0.39 is 17.0 Å². The van der Waals surface area contributed by atoms with Crippen molar-refractivity contribution >= 4 is 0 Å². The summed E-state index contributed by atoms with van der Waals surface area (Å²) in [4.78, 5) is 0. The first kappa shape index (κ1) is 11.6. The summed E-state index contributed by atoms with van der Waals surface area (Å²) >= 11 is 0. The predicted octanol–water partition coefficient (Wildman–Crippen LogP) is 3.84. The monoisotopic (exact) mass is 247 g/mol. The number of benzene rings is 1. The normalized spacial score (nSPS) is 33.6. The number of fused-ring (bicyclic) bond motifs is 2. The Kier molecular flexibility index (Phi) is 2.62. The van der Waals surface area contributed by atoms with Gasteiger partial charge in [-0.25, -0.2) is 8.78 Å². The number of hydrogen-bond donors (Lipinski definition) is 0. The Balaban J connectivity index is 1.94. The Labute approximate surface area is 105 Å². The summed E-state index contributed by atoms with van der Waals surface area (Å²) < 4.78 is 27.4. The first-order valence-electron chi connectivity index (χ1n) is 6.49. The van der Waals surface area contributed by atoms with Gasteiger partial charge >= 0.3 is 0 Å². The van der Waals surface area contributed by atoms with Gasteiger partial charge in [0.2, 0.25) is 0 Å². The van der Waals surface area contributed by atoms with Gasteiger partial charge in [0.25, 0.3) is 0 Å². The fourth-order valence-corrected chi connectivity index (χ4v) is 3.85. The molecule has 0 radical (unpaired) electrons. The molecule has 1 nitrogen and oxygen atoms in total. The Morgan fingerprint density at radius 2 is 2.00 bits per heavy atom. The summed E-state index contributed by atoms with van der Waals surface area (Å²) in [6, 6.07) is 6.30. The van der Waals surface area contributed by atoms with Crippen molar-refractivity contribution in [2.24, 2.45) is 17.3 Å². The summed E-state index contributed by atoms with van der Waals surface area (Å²) in [5, 5.41) is 9.49.